The van der Waals surface area contributed by atoms with Crippen LogP contribution in [0.15, 0.2) is 0 Å². The van der Waals surface area contributed by atoms with Gasteiger partial charge in [0, 0.05) is 0 Å². The fourth-order valence-electron chi connectivity index (χ4n) is 1.46. The molecule has 1 aliphatic heterocycles. The summed E-state index contributed by atoms with van der Waals surface area (Å²) in [6.45, 7) is 2.39. The number of alkyl halides is 3. The van der Waals surface area contributed by atoms with Crippen LogP contribution in [-0.4, -0.2) is 12.0 Å². The van der Waals surface area contributed by atoms with Gasteiger partial charge in [-0.25, -0.2) is 0 Å². The van der Waals surface area contributed by atoms with Crippen LogP contribution in [0.1, 0.15) is 19.8 Å². The Labute approximate surface area is 86.1 Å². The van der Waals surface area contributed by atoms with Crippen LogP contribution >= 0.6 is 22.6 Å². The van der Waals surface area contributed by atoms with Crippen molar-refractivity contribution in [1.29, 1.82) is 0 Å². The molecule has 2 fully saturated rings. The van der Waals surface area contributed by atoms with Crippen LogP contribution in [0.5, 0.6) is 0 Å². The van der Waals surface area contributed by atoms with E-state index in [0.29, 0.717) is 24.8 Å². The van der Waals surface area contributed by atoms with E-state index < -0.39 is 0 Å². The molecular formula is C7H12I2N-. The van der Waals surface area contributed by atoms with E-state index in [9.17, 15) is 0 Å². The van der Waals surface area contributed by atoms with E-state index in [2.05, 4.69) is 34.8 Å². The van der Waals surface area contributed by atoms with Crippen LogP contribution in [0.4, 0.5) is 0 Å². The third-order valence-corrected chi connectivity index (χ3v) is 7.59. The first kappa shape index (κ1) is 8.04. The Bertz CT molecular complexity index is 151. The Morgan fingerprint density at radius 3 is 2.80 bits per heavy atom. The number of rotatable bonds is 0. The van der Waals surface area contributed by atoms with Crippen molar-refractivity contribution in [1.82, 2.24) is 5.32 Å². The SMILES string of the molecule is CC1CC12N[C@@H](I)CC[I-]2. The second-order valence-corrected chi connectivity index (χ2v) is 8.46. The average molecular weight is 364 g/mol. The predicted octanol–water partition coefficient (Wildman–Crippen LogP) is -1.43. The van der Waals surface area contributed by atoms with Crippen molar-refractivity contribution in [3.63, 3.8) is 0 Å². The maximum atomic E-state index is 3.75. The van der Waals surface area contributed by atoms with Crippen LogP contribution in [0.2, 0.25) is 0 Å². The van der Waals surface area contributed by atoms with Crippen LogP contribution in [-0.2, 0) is 0 Å². The summed E-state index contributed by atoms with van der Waals surface area (Å²) in [7, 11) is 0. The van der Waals surface area contributed by atoms with Gasteiger partial charge < -0.3 is 0 Å². The molecule has 1 spiro atoms. The van der Waals surface area contributed by atoms with Gasteiger partial charge in [0.15, 0.2) is 0 Å². The number of hydrogen-bond acceptors (Lipinski definition) is 1. The standard InChI is InChI=1S/C7H12I2N/c1-5-4-7(5)9-3-2-6(8)10-7/h5-6,10H,2-4H2,1H3/q-1/t5?,6-,7?/m1/s1. The van der Waals surface area contributed by atoms with Crippen molar-refractivity contribution in [2.45, 2.75) is 27.4 Å². The quantitative estimate of drug-likeness (QED) is 0.316. The third kappa shape index (κ3) is 1.33. The van der Waals surface area contributed by atoms with Gasteiger partial charge in [0.1, 0.15) is 0 Å². The minimum atomic E-state index is 0.496. The molecular weight excluding hydrogens is 352 g/mol. The molecule has 1 aliphatic carbocycles. The molecule has 0 aromatic heterocycles. The molecule has 0 radical (unpaired) electrons. The molecule has 3 atom stereocenters. The molecule has 0 aromatic rings. The molecule has 1 nitrogen and oxygen atoms in total. The summed E-state index contributed by atoms with van der Waals surface area (Å²) in [5.74, 6) is 0.998. The van der Waals surface area contributed by atoms with Crippen molar-refractivity contribution in [3.8, 4) is 0 Å². The van der Waals surface area contributed by atoms with Crippen molar-refractivity contribution in [3.05, 3.63) is 0 Å². The van der Waals surface area contributed by atoms with Crippen molar-refractivity contribution >= 4 is 22.6 Å². The molecule has 2 aliphatic rings. The summed E-state index contributed by atoms with van der Waals surface area (Å²) in [6, 6.07) is 0. The van der Waals surface area contributed by atoms with E-state index >= 15 is 0 Å². The average Bonchev–Trinajstić information content (AvgIpc) is 2.41. The van der Waals surface area contributed by atoms with Gasteiger partial charge in [-0.3, -0.25) is 0 Å². The second-order valence-electron chi connectivity index (χ2n) is 3.19. The summed E-state index contributed by atoms with van der Waals surface area (Å²) in [4.78, 5) is 0. The normalized spacial score (nSPS) is 54.2. The third-order valence-electron chi connectivity index (χ3n) is 2.32. The zero-order valence-corrected chi connectivity index (χ0v) is 10.3. The van der Waals surface area contributed by atoms with E-state index in [1.165, 1.54) is 12.8 Å². The summed E-state index contributed by atoms with van der Waals surface area (Å²) in [5, 5.41) is 3.75. The first-order valence-corrected chi connectivity index (χ1v) is 7.60. The van der Waals surface area contributed by atoms with E-state index in [1.54, 1.807) is 4.43 Å². The van der Waals surface area contributed by atoms with Crippen molar-refractivity contribution < 1.29 is 21.2 Å². The van der Waals surface area contributed by atoms with Gasteiger partial charge in [-0.15, -0.1) is 0 Å². The number of hydrogen-bond donors (Lipinski definition) is 1. The summed E-state index contributed by atoms with van der Waals surface area (Å²) in [5.41, 5.74) is 0. The molecule has 1 saturated carbocycles. The second kappa shape index (κ2) is 2.73. The van der Waals surface area contributed by atoms with E-state index in [4.69, 9.17) is 0 Å². The van der Waals surface area contributed by atoms with E-state index in [0.717, 1.165) is 9.97 Å². The Kier molecular flexibility index (Phi) is 2.19. The van der Waals surface area contributed by atoms with E-state index in [-0.39, 0.29) is 0 Å². The summed E-state index contributed by atoms with van der Waals surface area (Å²) in [6.07, 6.45) is 2.89. The first-order valence-electron chi connectivity index (χ1n) is 3.75. The number of nitrogens with one attached hydrogen (secondary N) is 1. The number of halogens is 2. The molecule has 1 saturated heterocycles. The molecule has 1 heterocycles. The summed E-state index contributed by atoms with van der Waals surface area (Å²) >= 11 is 3.03. The van der Waals surface area contributed by atoms with Gasteiger partial charge in [-0.2, -0.15) is 0 Å². The maximum absolute atomic E-state index is 3.75. The van der Waals surface area contributed by atoms with E-state index in [1.807, 2.05) is 0 Å². The van der Waals surface area contributed by atoms with Gasteiger partial charge in [0.05, 0.1) is 0 Å². The monoisotopic (exact) mass is 364 g/mol. The molecule has 10 heavy (non-hydrogen) atoms. The minimum absolute atomic E-state index is 0.496. The molecule has 0 amide bonds. The van der Waals surface area contributed by atoms with Crippen molar-refractivity contribution in [2.24, 2.45) is 5.92 Å². The van der Waals surface area contributed by atoms with Crippen LogP contribution in [0.25, 0.3) is 0 Å². The summed E-state index contributed by atoms with van der Waals surface area (Å²) < 4.78 is 3.03. The zero-order valence-electron chi connectivity index (χ0n) is 6.03. The molecule has 1 N–H and O–H groups in total. The predicted molar refractivity (Wildman–Crippen MR) is 46.9 cm³/mol. The van der Waals surface area contributed by atoms with Crippen LogP contribution in [0.3, 0.4) is 0 Å². The molecule has 0 bridgehead atoms. The molecule has 3 heteroatoms. The topological polar surface area (TPSA) is 12.0 Å². The van der Waals surface area contributed by atoms with Crippen LogP contribution in [0, 0.1) is 5.92 Å². The Balaban J connectivity index is 1.99. The Morgan fingerprint density at radius 1 is 1.70 bits per heavy atom. The van der Waals surface area contributed by atoms with Gasteiger partial charge in [-0.1, -0.05) is 0 Å². The molecule has 0 aromatic carbocycles. The van der Waals surface area contributed by atoms with Gasteiger partial charge in [-0.05, 0) is 0 Å². The zero-order chi connectivity index (χ0) is 7.19. The fraction of sp³-hybridized carbons (Fsp3) is 1.00. The molecule has 2 unspecified atom stereocenters. The fourth-order valence-corrected chi connectivity index (χ4v) is 8.34. The van der Waals surface area contributed by atoms with Crippen LogP contribution < -0.4 is 26.5 Å². The Morgan fingerprint density at radius 2 is 2.40 bits per heavy atom. The molecule has 2 rings (SSSR count). The van der Waals surface area contributed by atoms with Crippen molar-refractivity contribution in [2.75, 3.05) is 4.43 Å². The Hall–Kier alpha value is 1.42. The first-order chi connectivity index (χ1) is 4.73. The molecule has 60 valence electrons. The van der Waals surface area contributed by atoms with Gasteiger partial charge >= 0.3 is 86.8 Å². The van der Waals surface area contributed by atoms with Gasteiger partial charge in [0.25, 0.3) is 0 Å². The van der Waals surface area contributed by atoms with Gasteiger partial charge in [0.2, 0.25) is 0 Å².